The Kier molecular flexibility index (Phi) is 3.86. The third-order valence-corrected chi connectivity index (χ3v) is 3.10. The number of hydrogen-bond acceptors (Lipinski definition) is 2. The number of nitriles is 1. The average Bonchev–Trinajstić information content (AvgIpc) is 2.37. The summed E-state index contributed by atoms with van der Waals surface area (Å²) < 4.78 is 0. The number of halogens is 1. The van der Waals surface area contributed by atoms with Gasteiger partial charge in [0.15, 0.2) is 0 Å². The summed E-state index contributed by atoms with van der Waals surface area (Å²) in [5.74, 6) is 0. The molecule has 90 valence electrons. The maximum Gasteiger partial charge on any atom is 0.0669 e. The van der Waals surface area contributed by atoms with Crippen molar-refractivity contribution < 1.29 is 0 Å². The van der Waals surface area contributed by atoms with E-state index in [-0.39, 0.29) is 0 Å². The third-order valence-electron chi connectivity index (χ3n) is 2.70. The summed E-state index contributed by atoms with van der Waals surface area (Å²) in [5, 5.41) is 12.6. The Labute approximate surface area is 112 Å². The van der Waals surface area contributed by atoms with Crippen molar-refractivity contribution >= 4 is 23.0 Å². The van der Waals surface area contributed by atoms with Crippen molar-refractivity contribution in [3.8, 4) is 6.07 Å². The first kappa shape index (κ1) is 12.5. The zero-order valence-corrected chi connectivity index (χ0v) is 10.8. The van der Waals surface area contributed by atoms with Crippen LogP contribution in [-0.2, 0) is 6.42 Å². The highest BCUT2D eigenvalue weighted by Gasteiger charge is 1.99. The fourth-order valence-electron chi connectivity index (χ4n) is 1.63. The Morgan fingerprint density at radius 2 is 1.78 bits per heavy atom. The molecule has 1 N–H and O–H groups in total. The number of benzene rings is 2. The van der Waals surface area contributed by atoms with Crippen LogP contribution in [0, 0.1) is 18.3 Å². The van der Waals surface area contributed by atoms with Crippen molar-refractivity contribution in [3.63, 3.8) is 0 Å². The number of rotatable bonds is 3. The molecular weight excluding hydrogens is 244 g/mol. The topological polar surface area (TPSA) is 35.8 Å². The fourth-order valence-corrected chi connectivity index (χ4v) is 1.82. The van der Waals surface area contributed by atoms with E-state index in [0.717, 1.165) is 27.5 Å². The monoisotopic (exact) mass is 256 g/mol. The van der Waals surface area contributed by atoms with Gasteiger partial charge >= 0.3 is 0 Å². The first-order chi connectivity index (χ1) is 8.69. The number of nitrogens with one attached hydrogen (secondary N) is 1. The highest BCUT2D eigenvalue weighted by atomic mass is 35.5. The molecule has 0 unspecified atom stereocenters. The molecule has 2 aromatic rings. The van der Waals surface area contributed by atoms with Crippen molar-refractivity contribution in [2.75, 3.05) is 5.32 Å². The predicted octanol–water partition coefficient (Wildman–Crippen LogP) is 4.46. The van der Waals surface area contributed by atoms with E-state index in [2.05, 4.69) is 11.4 Å². The Balaban J connectivity index is 2.13. The second-order valence-corrected chi connectivity index (χ2v) is 4.53. The number of hydrogen-bond donors (Lipinski definition) is 1. The van der Waals surface area contributed by atoms with Crippen LogP contribution < -0.4 is 5.32 Å². The lowest BCUT2D eigenvalue weighted by Gasteiger charge is -2.08. The number of anilines is 2. The van der Waals surface area contributed by atoms with E-state index in [1.54, 1.807) is 0 Å². The molecule has 18 heavy (non-hydrogen) atoms. The second-order valence-electron chi connectivity index (χ2n) is 4.12. The highest BCUT2D eigenvalue weighted by molar-refractivity contribution is 6.31. The van der Waals surface area contributed by atoms with Crippen LogP contribution in [0.3, 0.4) is 0 Å². The lowest BCUT2D eigenvalue weighted by atomic mass is 10.1. The quantitative estimate of drug-likeness (QED) is 0.880. The van der Waals surface area contributed by atoms with E-state index in [1.807, 2.05) is 49.4 Å². The van der Waals surface area contributed by atoms with Gasteiger partial charge in [0.2, 0.25) is 0 Å². The summed E-state index contributed by atoms with van der Waals surface area (Å²) in [5.41, 5.74) is 4.02. The van der Waals surface area contributed by atoms with Crippen molar-refractivity contribution in [2.24, 2.45) is 0 Å². The van der Waals surface area contributed by atoms with Gasteiger partial charge in [0.1, 0.15) is 0 Å². The Morgan fingerprint density at radius 3 is 2.39 bits per heavy atom. The lowest BCUT2D eigenvalue weighted by molar-refractivity contribution is 1.26. The van der Waals surface area contributed by atoms with E-state index >= 15 is 0 Å². The van der Waals surface area contributed by atoms with Gasteiger partial charge in [0.05, 0.1) is 12.5 Å². The molecule has 0 atom stereocenters. The minimum atomic E-state index is 0.441. The molecule has 3 heteroatoms. The zero-order valence-electron chi connectivity index (χ0n) is 10.1. The highest BCUT2D eigenvalue weighted by Crippen LogP contribution is 2.23. The number of aryl methyl sites for hydroxylation is 1. The van der Waals surface area contributed by atoms with E-state index < -0.39 is 0 Å². The summed E-state index contributed by atoms with van der Waals surface area (Å²) in [6.07, 6.45) is 0.441. The largest absolute Gasteiger partial charge is 0.355 e. The molecule has 0 aromatic heterocycles. The molecule has 0 amide bonds. The van der Waals surface area contributed by atoms with Gasteiger partial charge in [-0.3, -0.25) is 0 Å². The Bertz CT molecular complexity index is 582. The SMILES string of the molecule is Cc1ccc(Nc2ccc(CC#N)cc2)cc1Cl. The minimum Gasteiger partial charge on any atom is -0.355 e. The molecule has 0 heterocycles. The van der Waals surface area contributed by atoms with E-state index in [1.165, 1.54) is 0 Å². The van der Waals surface area contributed by atoms with E-state index in [4.69, 9.17) is 16.9 Å². The van der Waals surface area contributed by atoms with Gasteiger partial charge in [-0.2, -0.15) is 5.26 Å². The summed E-state index contributed by atoms with van der Waals surface area (Å²) in [6.45, 7) is 1.97. The molecular formula is C15H13ClN2. The minimum absolute atomic E-state index is 0.441. The Morgan fingerprint density at radius 1 is 1.11 bits per heavy atom. The maximum absolute atomic E-state index is 8.60. The van der Waals surface area contributed by atoms with Gasteiger partial charge in [-0.25, -0.2) is 0 Å². The van der Waals surface area contributed by atoms with Crippen LogP contribution in [0.5, 0.6) is 0 Å². The molecule has 0 radical (unpaired) electrons. The predicted molar refractivity (Wildman–Crippen MR) is 75.2 cm³/mol. The van der Waals surface area contributed by atoms with E-state index in [0.29, 0.717) is 6.42 Å². The summed E-state index contributed by atoms with van der Waals surface area (Å²) in [4.78, 5) is 0. The molecule has 2 rings (SSSR count). The smallest absolute Gasteiger partial charge is 0.0669 e. The third kappa shape index (κ3) is 3.03. The average molecular weight is 257 g/mol. The van der Waals surface area contributed by atoms with Crippen LogP contribution in [0.15, 0.2) is 42.5 Å². The molecule has 0 saturated heterocycles. The number of nitrogens with zero attached hydrogens (tertiary/aromatic N) is 1. The molecule has 0 aliphatic rings. The van der Waals surface area contributed by atoms with Gasteiger partial charge in [0, 0.05) is 16.4 Å². The van der Waals surface area contributed by atoms with Crippen LogP contribution >= 0.6 is 11.6 Å². The molecule has 2 aromatic carbocycles. The van der Waals surface area contributed by atoms with E-state index in [9.17, 15) is 0 Å². The molecule has 0 fully saturated rings. The second kappa shape index (κ2) is 5.57. The molecule has 0 spiro atoms. The van der Waals surface area contributed by atoms with Gasteiger partial charge in [-0.1, -0.05) is 29.8 Å². The van der Waals surface area contributed by atoms with Crippen LogP contribution in [0.4, 0.5) is 11.4 Å². The maximum atomic E-state index is 8.60. The van der Waals surface area contributed by atoms with Crippen molar-refractivity contribution in [2.45, 2.75) is 13.3 Å². The molecule has 0 aliphatic carbocycles. The fraction of sp³-hybridized carbons (Fsp3) is 0.133. The Hall–Kier alpha value is -1.98. The van der Waals surface area contributed by atoms with Gasteiger partial charge in [0.25, 0.3) is 0 Å². The van der Waals surface area contributed by atoms with Crippen LogP contribution in [0.25, 0.3) is 0 Å². The van der Waals surface area contributed by atoms with Gasteiger partial charge < -0.3 is 5.32 Å². The van der Waals surface area contributed by atoms with Crippen LogP contribution in [0.2, 0.25) is 5.02 Å². The first-order valence-corrected chi connectivity index (χ1v) is 6.06. The molecule has 0 aliphatic heterocycles. The molecule has 0 saturated carbocycles. The molecule has 0 bridgehead atoms. The standard InChI is InChI=1S/C15H13ClN2/c1-11-2-5-14(10-15(11)16)18-13-6-3-12(4-7-13)8-9-17/h2-7,10,18H,8H2,1H3. The molecule has 2 nitrogen and oxygen atoms in total. The zero-order chi connectivity index (χ0) is 13.0. The first-order valence-electron chi connectivity index (χ1n) is 5.68. The summed E-state index contributed by atoms with van der Waals surface area (Å²) >= 11 is 6.07. The van der Waals surface area contributed by atoms with Crippen molar-refractivity contribution in [3.05, 3.63) is 58.6 Å². The summed E-state index contributed by atoms with van der Waals surface area (Å²) in [6, 6.07) is 15.8. The summed E-state index contributed by atoms with van der Waals surface area (Å²) in [7, 11) is 0. The van der Waals surface area contributed by atoms with Gasteiger partial charge in [-0.15, -0.1) is 0 Å². The van der Waals surface area contributed by atoms with Crippen molar-refractivity contribution in [1.82, 2.24) is 0 Å². The van der Waals surface area contributed by atoms with Crippen LogP contribution in [0.1, 0.15) is 11.1 Å². The van der Waals surface area contributed by atoms with Gasteiger partial charge in [-0.05, 0) is 42.3 Å². The van der Waals surface area contributed by atoms with Crippen LogP contribution in [-0.4, -0.2) is 0 Å². The lowest BCUT2D eigenvalue weighted by Crippen LogP contribution is -1.91. The van der Waals surface area contributed by atoms with Crippen molar-refractivity contribution in [1.29, 1.82) is 5.26 Å². The normalized spacial score (nSPS) is 9.83.